The molecule has 1 unspecified atom stereocenters. The summed E-state index contributed by atoms with van der Waals surface area (Å²) in [6.07, 6.45) is 18.2. The Kier molecular flexibility index (Phi) is 16.5. The maximum atomic E-state index is 12.0. The summed E-state index contributed by atoms with van der Waals surface area (Å²) >= 11 is 0. The molecule has 0 fully saturated rings. The predicted molar refractivity (Wildman–Crippen MR) is 127 cm³/mol. The fourth-order valence-electron chi connectivity index (χ4n) is 3.36. The highest BCUT2D eigenvalue weighted by Gasteiger charge is 2.18. The summed E-state index contributed by atoms with van der Waals surface area (Å²) in [4.78, 5) is 12.0. The first-order valence-corrected chi connectivity index (χ1v) is 11.8. The highest BCUT2D eigenvalue weighted by Crippen LogP contribution is 2.16. The number of hydrogen-bond acceptors (Lipinski definition) is 2. The van der Waals surface area contributed by atoms with Crippen molar-refractivity contribution in [3.63, 3.8) is 0 Å². The van der Waals surface area contributed by atoms with Gasteiger partial charge in [-0.3, -0.25) is 4.79 Å². The highest BCUT2D eigenvalue weighted by molar-refractivity contribution is 5.76. The van der Waals surface area contributed by atoms with Crippen molar-refractivity contribution in [1.82, 2.24) is 5.32 Å². The second-order valence-corrected chi connectivity index (χ2v) is 8.78. The highest BCUT2D eigenvalue weighted by atomic mass is 16.3. The lowest BCUT2D eigenvalue weighted by Crippen LogP contribution is -2.39. The molecule has 0 heterocycles. The van der Waals surface area contributed by atoms with E-state index in [9.17, 15) is 9.90 Å². The van der Waals surface area contributed by atoms with Crippen molar-refractivity contribution in [2.24, 2.45) is 5.92 Å². The SMILES string of the molecule is C=C(O)C(NC(=O)CCCCCCC/C=C\C/C(C)=C(/C)CCCCC)C(C)C. The smallest absolute Gasteiger partial charge is 0.220 e. The molecule has 0 bridgehead atoms. The Balaban J connectivity index is 3.75. The number of rotatable bonds is 17. The van der Waals surface area contributed by atoms with E-state index in [0.29, 0.717) is 6.42 Å². The first kappa shape index (κ1) is 27.5. The number of aliphatic hydroxyl groups excluding tert-OH is 1. The maximum Gasteiger partial charge on any atom is 0.220 e. The Morgan fingerprint density at radius 1 is 0.931 bits per heavy atom. The Morgan fingerprint density at radius 3 is 2.17 bits per heavy atom. The number of carbonyl (C=O) groups excluding carboxylic acids is 1. The van der Waals surface area contributed by atoms with Crippen LogP contribution >= 0.6 is 0 Å². The van der Waals surface area contributed by atoms with Crippen LogP contribution in [0, 0.1) is 5.92 Å². The number of amides is 1. The van der Waals surface area contributed by atoms with Gasteiger partial charge in [-0.15, -0.1) is 0 Å². The molecule has 0 aromatic carbocycles. The average Bonchev–Trinajstić information content (AvgIpc) is 2.66. The van der Waals surface area contributed by atoms with Crippen molar-refractivity contribution in [3.05, 3.63) is 35.6 Å². The third kappa shape index (κ3) is 15.1. The van der Waals surface area contributed by atoms with Gasteiger partial charge in [-0.25, -0.2) is 0 Å². The topological polar surface area (TPSA) is 49.3 Å². The van der Waals surface area contributed by atoms with Crippen molar-refractivity contribution in [2.75, 3.05) is 0 Å². The molecule has 168 valence electrons. The fourth-order valence-corrected chi connectivity index (χ4v) is 3.36. The van der Waals surface area contributed by atoms with Crippen LogP contribution in [-0.4, -0.2) is 17.1 Å². The molecule has 0 saturated heterocycles. The molecule has 0 aliphatic heterocycles. The van der Waals surface area contributed by atoms with Gasteiger partial charge in [-0.05, 0) is 58.3 Å². The molecular weight excluding hydrogens is 358 g/mol. The van der Waals surface area contributed by atoms with Crippen LogP contribution in [0.5, 0.6) is 0 Å². The summed E-state index contributed by atoms with van der Waals surface area (Å²) in [5.41, 5.74) is 3.09. The third-order valence-electron chi connectivity index (χ3n) is 5.59. The van der Waals surface area contributed by atoms with Crippen LogP contribution in [0.25, 0.3) is 0 Å². The lowest BCUT2D eigenvalue weighted by Gasteiger charge is -2.21. The summed E-state index contributed by atoms with van der Waals surface area (Å²) < 4.78 is 0. The summed E-state index contributed by atoms with van der Waals surface area (Å²) in [6.45, 7) is 14.3. The number of carbonyl (C=O) groups is 1. The summed E-state index contributed by atoms with van der Waals surface area (Å²) in [5.74, 6) is 0.197. The van der Waals surface area contributed by atoms with Gasteiger partial charge < -0.3 is 10.4 Å². The van der Waals surface area contributed by atoms with Gasteiger partial charge in [0.2, 0.25) is 5.91 Å². The zero-order valence-electron chi connectivity index (χ0n) is 19.9. The lowest BCUT2D eigenvalue weighted by molar-refractivity contribution is -0.122. The zero-order valence-corrected chi connectivity index (χ0v) is 19.9. The summed E-state index contributed by atoms with van der Waals surface area (Å²) in [5, 5.41) is 12.4. The second kappa shape index (κ2) is 17.4. The average molecular weight is 406 g/mol. The first-order chi connectivity index (χ1) is 13.8. The minimum atomic E-state index is -0.340. The number of unbranched alkanes of at least 4 members (excludes halogenated alkanes) is 7. The van der Waals surface area contributed by atoms with Gasteiger partial charge in [0, 0.05) is 6.42 Å². The van der Waals surface area contributed by atoms with E-state index in [1.165, 1.54) is 50.5 Å². The fraction of sp³-hybridized carbons (Fsp3) is 0.731. The Hall–Kier alpha value is -1.51. The summed E-state index contributed by atoms with van der Waals surface area (Å²) in [7, 11) is 0. The standard InChI is InChI=1S/C26H47NO2/c1-7-8-15-18-22(4)23(5)19-16-13-11-9-10-12-14-17-20-25(29)27-26(21(2)3)24(6)28/h13,16,21,26,28H,6-12,14-15,17-20H2,1-5H3,(H,27,29)/b16-13-,23-22-. The van der Waals surface area contributed by atoms with Crippen molar-refractivity contribution < 1.29 is 9.90 Å². The van der Waals surface area contributed by atoms with Crippen LogP contribution in [0.1, 0.15) is 112 Å². The van der Waals surface area contributed by atoms with Crippen LogP contribution in [0.3, 0.4) is 0 Å². The van der Waals surface area contributed by atoms with Gasteiger partial charge in [0.05, 0.1) is 6.04 Å². The van der Waals surface area contributed by atoms with Crippen LogP contribution in [-0.2, 0) is 4.79 Å². The van der Waals surface area contributed by atoms with Crippen LogP contribution in [0.4, 0.5) is 0 Å². The predicted octanol–water partition coefficient (Wildman–Crippen LogP) is 7.79. The molecule has 3 heteroatoms. The normalized spacial score (nSPS) is 13.6. The number of nitrogens with one attached hydrogen (secondary N) is 1. The Bertz CT molecular complexity index is 517. The molecule has 0 rings (SSSR count). The quantitative estimate of drug-likeness (QED) is 0.147. The van der Waals surface area contributed by atoms with Gasteiger partial charge >= 0.3 is 0 Å². The molecule has 0 radical (unpaired) electrons. The third-order valence-corrected chi connectivity index (χ3v) is 5.59. The van der Waals surface area contributed by atoms with E-state index in [-0.39, 0.29) is 23.6 Å². The molecule has 3 nitrogen and oxygen atoms in total. The number of allylic oxidation sites excluding steroid dienone is 4. The van der Waals surface area contributed by atoms with E-state index in [0.717, 1.165) is 25.7 Å². The Labute approximate surface area is 180 Å². The minimum Gasteiger partial charge on any atom is -0.511 e. The molecule has 2 N–H and O–H groups in total. The maximum absolute atomic E-state index is 12.0. The van der Waals surface area contributed by atoms with Crippen LogP contribution in [0.2, 0.25) is 0 Å². The molecule has 0 aromatic heterocycles. The second-order valence-electron chi connectivity index (χ2n) is 8.78. The number of hydrogen-bond donors (Lipinski definition) is 2. The molecule has 1 amide bonds. The van der Waals surface area contributed by atoms with E-state index in [4.69, 9.17) is 0 Å². The largest absolute Gasteiger partial charge is 0.511 e. The Morgan fingerprint density at radius 2 is 1.55 bits per heavy atom. The minimum absolute atomic E-state index is 0.00949. The van der Waals surface area contributed by atoms with Crippen LogP contribution in [0.15, 0.2) is 35.6 Å². The van der Waals surface area contributed by atoms with Gasteiger partial charge in [0.25, 0.3) is 0 Å². The van der Waals surface area contributed by atoms with Crippen molar-refractivity contribution in [1.29, 1.82) is 0 Å². The molecular formula is C26H47NO2. The molecule has 0 saturated carbocycles. The number of aliphatic hydroxyl groups is 1. The molecule has 0 aromatic rings. The molecule has 29 heavy (non-hydrogen) atoms. The van der Waals surface area contributed by atoms with E-state index in [1.807, 2.05) is 13.8 Å². The van der Waals surface area contributed by atoms with E-state index >= 15 is 0 Å². The zero-order chi connectivity index (χ0) is 22.1. The first-order valence-electron chi connectivity index (χ1n) is 11.8. The molecule has 0 aliphatic rings. The lowest BCUT2D eigenvalue weighted by atomic mass is 10.0. The van der Waals surface area contributed by atoms with Gasteiger partial charge in [-0.1, -0.05) is 82.8 Å². The van der Waals surface area contributed by atoms with Gasteiger partial charge in [-0.2, -0.15) is 0 Å². The van der Waals surface area contributed by atoms with Crippen LogP contribution < -0.4 is 5.32 Å². The van der Waals surface area contributed by atoms with E-state index in [1.54, 1.807) is 5.57 Å². The molecule has 1 atom stereocenters. The van der Waals surface area contributed by atoms with Crippen molar-refractivity contribution >= 4 is 5.91 Å². The summed E-state index contributed by atoms with van der Waals surface area (Å²) in [6, 6.07) is -0.340. The van der Waals surface area contributed by atoms with Gasteiger partial charge in [0.15, 0.2) is 0 Å². The van der Waals surface area contributed by atoms with Crippen molar-refractivity contribution in [3.8, 4) is 0 Å². The van der Waals surface area contributed by atoms with Gasteiger partial charge in [0.1, 0.15) is 5.76 Å². The van der Waals surface area contributed by atoms with E-state index < -0.39 is 0 Å². The molecule has 0 aliphatic carbocycles. The van der Waals surface area contributed by atoms with E-state index in [2.05, 4.69) is 44.8 Å². The monoisotopic (exact) mass is 405 g/mol. The molecule has 0 spiro atoms. The van der Waals surface area contributed by atoms with Crippen molar-refractivity contribution in [2.45, 2.75) is 118 Å².